The molecule has 0 fully saturated rings. The Balaban J connectivity index is 3.35. The molecule has 1 nitrogen and oxygen atoms in total. The van der Waals surface area contributed by atoms with Crippen molar-refractivity contribution in [3.63, 3.8) is 0 Å². The van der Waals surface area contributed by atoms with Crippen LogP contribution in [0.4, 0.5) is 4.39 Å². The molecule has 0 atom stereocenters. The van der Waals surface area contributed by atoms with E-state index in [0.717, 1.165) is 0 Å². The van der Waals surface area contributed by atoms with Gasteiger partial charge in [-0.1, -0.05) is 12.1 Å². The number of rotatable bonds is 1. The summed E-state index contributed by atoms with van der Waals surface area (Å²) in [4.78, 5) is 0. The second-order valence-corrected chi connectivity index (χ2v) is 4.41. The van der Waals surface area contributed by atoms with Crippen molar-refractivity contribution < 1.29 is 9.50 Å². The van der Waals surface area contributed by atoms with E-state index in [0.29, 0.717) is 15.6 Å². The molecule has 0 aliphatic carbocycles. The highest BCUT2D eigenvalue weighted by Gasteiger charge is 2.21. The van der Waals surface area contributed by atoms with Crippen LogP contribution in [0.5, 0.6) is 0 Å². The van der Waals surface area contributed by atoms with Gasteiger partial charge in [-0.3, -0.25) is 0 Å². The molecule has 0 aliphatic heterocycles. The highest BCUT2D eigenvalue weighted by atomic mass is 79.9. The molecule has 0 aliphatic rings. The molecule has 0 bridgehead atoms. The summed E-state index contributed by atoms with van der Waals surface area (Å²) in [5.74, 6) is -0.306. The van der Waals surface area contributed by atoms with Gasteiger partial charge in [-0.2, -0.15) is 0 Å². The Bertz CT molecular complexity index is 328. The lowest BCUT2D eigenvalue weighted by atomic mass is 9.97. The highest BCUT2D eigenvalue weighted by molar-refractivity contribution is 9.10. The predicted molar refractivity (Wildman–Crippen MR) is 54.1 cm³/mol. The Kier molecular flexibility index (Phi) is 2.78. The van der Waals surface area contributed by atoms with E-state index in [1.165, 1.54) is 0 Å². The van der Waals surface area contributed by atoms with Crippen LogP contribution in [-0.4, -0.2) is 5.11 Å². The van der Waals surface area contributed by atoms with Crippen LogP contribution >= 0.6 is 15.9 Å². The van der Waals surface area contributed by atoms with E-state index in [2.05, 4.69) is 15.9 Å². The monoisotopic (exact) mass is 246 g/mol. The van der Waals surface area contributed by atoms with Gasteiger partial charge in [-0.15, -0.1) is 0 Å². The van der Waals surface area contributed by atoms with Crippen molar-refractivity contribution in [3.05, 3.63) is 33.5 Å². The second-order valence-electron chi connectivity index (χ2n) is 3.62. The summed E-state index contributed by atoms with van der Waals surface area (Å²) in [5.41, 5.74) is 0.114. The van der Waals surface area contributed by atoms with Crippen molar-refractivity contribution in [1.82, 2.24) is 0 Å². The van der Waals surface area contributed by atoms with E-state index >= 15 is 0 Å². The van der Waals surface area contributed by atoms with Crippen LogP contribution in [0.3, 0.4) is 0 Å². The first-order valence-electron chi connectivity index (χ1n) is 4.01. The van der Waals surface area contributed by atoms with E-state index in [4.69, 9.17) is 0 Å². The molecule has 1 aromatic rings. The zero-order chi connectivity index (χ0) is 10.2. The van der Waals surface area contributed by atoms with Crippen LogP contribution in [0.1, 0.15) is 25.0 Å². The molecule has 13 heavy (non-hydrogen) atoms. The molecule has 1 rings (SSSR count). The molecule has 0 saturated carbocycles. The number of benzene rings is 1. The third-order valence-electron chi connectivity index (χ3n) is 1.93. The first kappa shape index (κ1) is 10.7. The number of hydrogen-bond acceptors (Lipinski definition) is 1. The largest absolute Gasteiger partial charge is 0.386 e. The first-order valence-corrected chi connectivity index (χ1v) is 4.81. The quantitative estimate of drug-likeness (QED) is 0.808. The maximum Gasteiger partial charge on any atom is 0.140 e. The Hall–Kier alpha value is -0.410. The van der Waals surface area contributed by atoms with Crippen molar-refractivity contribution in [2.24, 2.45) is 0 Å². The molecule has 1 aromatic carbocycles. The lowest BCUT2D eigenvalue weighted by molar-refractivity contribution is 0.0774. The van der Waals surface area contributed by atoms with Crippen LogP contribution < -0.4 is 0 Å². The molecule has 0 saturated heterocycles. The Morgan fingerprint density at radius 3 is 2.38 bits per heavy atom. The van der Waals surface area contributed by atoms with Gasteiger partial charge >= 0.3 is 0 Å². The molecule has 0 radical (unpaired) electrons. The van der Waals surface area contributed by atoms with Crippen LogP contribution in [0.15, 0.2) is 16.6 Å². The molecule has 1 N–H and O–H groups in total. The fourth-order valence-electron chi connectivity index (χ4n) is 1.12. The van der Waals surface area contributed by atoms with Gasteiger partial charge in [-0.25, -0.2) is 4.39 Å². The molecule has 0 aromatic heterocycles. The van der Waals surface area contributed by atoms with Gasteiger partial charge in [0.25, 0.3) is 0 Å². The van der Waals surface area contributed by atoms with Gasteiger partial charge in [0.2, 0.25) is 0 Å². The minimum Gasteiger partial charge on any atom is -0.386 e. The summed E-state index contributed by atoms with van der Waals surface area (Å²) in [6, 6.07) is 3.38. The van der Waals surface area contributed by atoms with Crippen molar-refractivity contribution in [2.45, 2.75) is 26.4 Å². The first-order chi connectivity index (χ1) is 5.84. The van der Waals surface area contributed by atoms with Crippen molar-refractivity contribution >= 4 is 15.9 Å². The predicted octanol–water partition coefficient (Wildman–Crippen LogP) is 3.12. The summed E-state index contributed by atoms with van der Waals surface area (Å²) in [6.07, 6.45) is 0. The van der Waals surface area contributed by atoms with Crippen molar-refractivity contribution in [3.8, 4) is 0 Å². The van der Waals surface area contributed by atoms with Crippen LogP contribution in [0.2, 0.25) is 0 Å². The smallest absolute Gasteiger partial charge is 0.140 e. The third-order valence-corrected chi connectivity index (χ3v) is 2.71. The molecule has 0 amide bonds. The average Bonchev–Trinajstić information content (AvgIpc) is 1.98. The summed E-state index contributed by atoms with van der Waals surface area (Å²) in [6.45, 7) is 4.94. The Labute approximate surface area is 85.7 Å². The van der Waals surface area contributed by atoms with Gasteiger partial charge in [-0.05, 0) is 42.3 Å². The third kappa shape index (κ3) is 2.09. The van der Waals surface area contributed by atoms with Gasteiger partial charge in [0.05, 0.1) is 10.1 Å². The fraction of sp³-hybridized carbons (Fsp3) is 0.400. The molecule has 0 spiro atoms. The zero-order valence-corrected chi connectivity index (χ0v) is 9.44. The van der Waals surface area contributed by atoms with Gasteiger partial charge in [0, 0.05) is 5.56 Å². The lowest BCUT2D eigenvalue weighted by Crippen LogP contribution is -2.16. The molecular weight excluding hydrogens is 235 g/mol. The van der Waals surface area contributed by atoms with Crippen molar-refractivity contribution in [2.75, 3.05) is 0 Å². The number of aryl methyl sites for hydroxylation is 1. The molecule has 0 heterocycles. The topological polar surface area (TPSA) is 20.2 Å². The number of aliphatic hydroxyl groups is 1. The minimum atomic E-state index is -1.02. The zero-order valence-electron chi connectivity index (χ0n) is 7.86. The van der Waals surface area contributed by atoms with E-state index in [-0.39, 0.29) is 5.82 Å². The van der Waals surface area contributed by atoms with E-state index in [1.807, 2.05) is 0 Å². The maximum absolute atomic E-state index is 13.4. The summed E-state index contributed by atoms with van der Waals surface area (Å²) in [5, 5.41) is 9.69. The van der Waals surface area contributed by atoms with Crippen LogP contribution in [-0.2, 0) is 5.60 Å². The highest BCUT2D eigenvalue weighted by Crippen LogP contribution is 2.31. The Morgan fingerprint density at radius 2 is 1.92 bits per heavy atom. The average molecular weight is 247 g/mol. The SMILES string of the molecule is Cc1ccc(C(C)(C)O)c(Br)c1F. The molecule has 3 heteroatoms. The number of halogens is 2. The molecule has 0 unspecified atom stereocenters. The normalized spacial score (nSPS) is 11.8. The number of hydrogen-bond donors (Lipinski definition) is 1. The molecule has 72 valence electrons. The second kappa shape index (κ2) is 3.39. The molecular formula is C10H12BrFO. The maximum atomic E-state index is 13.4. The van der Waals surface area contributed by atoms with Gasteiger partial charge < -0.3 is 5.11 Å². The fourth-order valence-corrected chi connectivity index (χ4v) is 2.05. The minimum absolute atomic E-state index is 0.306. The summed E-state index contributed by atoms with van der Waals surface area (Å²) < 4.78 is 13.7. The van der Waals surface area contributed by atoms with Crippen molar-refractivity contribution in [1.29, 1.82) is 0 Å². The van der Waals surface area contributed by atoms with Gasteiger partial charge in [0.1, 0.15) is 5.82 Å². The standard InChI is InChI=1S/C10H12BrFO/c1-6-4-5-7(10(2,3)13)8(11)9(6)12/h4-5,13H,1-3H3. The van der Waals surface area contributed by atoms with E-state index in [9.17, 15) is 9.50 Å². The Morgan fingerprint density at radius 1 is 1.38 bits per heavy atom. The summed E-state index contributed by atoms with van der Waals surface area (Å²) >= 11 is 3.13. The summed E-state index contributed by atoms with van der Waals surface area (Å²) in [7, 11) is 0. The van der Waals surface area contributed by atoms with E-state index in [1.54, 1.807) is 32.9 Å². The van der Waals surface area contributed by atoms with E-state index < -0.39 is 5.60 Å². The van der Waals surface area contributed by atoms with Gasteiger partial charge in [0.15, 0.2) is 0 Å². The van der Waals surface area contributed by atoms with Crippen LogP contribution in [0.25, 0.3) is 0 Å². The lowest BCUT2D eigenvalue weighted by Gasteiger charge is -2.20. The van der Waals surface area contributed by atoms with Crippen LogP contribution in [0, 0.1) is 12.7 Å².